The molecule has 138 valence electrons. The molecule has 4 heteroatoms. The van der Waals surface area contributed by atoms with Crippen molar-refractivity contribution in [1.82, 2.24) is 0 Å². The smallest absolute Gasteiger partial charge is 0.221 e. The summed E-state index contributed by atoms with van der Waals surface area (Å²) < 4.78 is 0. The van der Waals surface area contributed by atoms with Crippen molar-refractivity contribution in [3.63, 3.8) is 0 Å². The van der Waals surface area contributed by atoms with E-state index in [0.29, 0.717) is 23.6 Å². The highest BCUT2D eigenvalue weighted by Gasteiger charge is 2.02. The first kappa shape index (κ1) is 24.9. The lowest BCUT2D eigenvalue weighted by Crippen LogP contribution is -2.06. The van der Waals surface area contributed by atoms with E-state index in [1.165, 1.54) is 6.92 Å². The Bertz CT molecular complexity index is 473. The molecule has 0 aromatic heterocycles. The average Bonchev–Trinajstić information content (AvgIpc) is 2.57. The maximum absolute atomic E-state index is 11.2. The van der Waals surface area contributed by atoms with Crippen molar-refractivity contribution in [3.8, 4) is 0 Å². The number of Topliss-reactive ketones (excluding diaryl/α,β-unsaturated/α-hetero) is 1. The van der Waals surface area contributed by atoms with Gasteiger partial charge in [-0.25, -0.2) is 0 Å². The second-order valence-corrected chi connectivity index (χ2v) is 5.42. The molecule has 0 heterocycles. The van der Waals surface area contributed by atoms with Crippen molar-refractivity contribution in [2.24, 2.45) is 0 Å². The molecule has 1 aromatic rings. The highest BCUT2D eigenvalue weighted by Crippen LogP contribution is 2.21. The Morgan fingerprint density at radius 3 is 2.17 bits per heavy atom. The predicted octanol–water partition coefficient (Wildman–Crippen LogP) is 6.43. The summed E-state index contributed by atoms with van der Waals surface area (Å²) in [7, 11) is 0. The van der Waals surface area contributed by atoms with E-state index in [0.717, 1.165) is 36.9 Å². The van der Waals surface area contributed by atoms with Gasteiger partial charge in [-0.2, -0.15) is 0 Å². The lowest BCUT2D eigenvalue weighted by Gasteiger charge is -2.07. The summed E-state index contributed by atoms with van der Waals surface area (Å²) in [5.41, 5.74) is 1.85. The minimum Gasteiger partial charge on any atom is -0.326 e. The van der Waals surface area contributed by atoms with Crippen LogP contribution in [0.5, 0.6) is 0 Å². The standard InChI is InChI=1S/C16H22ClNO2.2C2H6/c1-3-16(20)8-6-4-5-7-13-9-14(17)11-15(10-13)18-12(2)19;2*1-2/h9-11H,3-8H2,1-2H3,(H,18,19);2*1-2H3. The quantitative estimate of drug-likeness (QED) is 0.546. The summed E-state index contributed by atoms with van der Waals surface area (Å²) in [4.78, 5) is 22.2. The van der Waals surface area contributed by atoms with Crippen LogP contribution in [0.1, 0.15) is 79.2 Å². The monoisotopic (exact) mass is 355 g/mol. The zero-order valence-corrected chi connectivity index (χ0v) is 16.9. The minimum atomic E-state index is -0.101. The highest BCUT2D eigenvalue weighted by molar-refractivity contribution is 6.31. The third kappa shape index (κ3) is 13.1. The van der Waals surface area contributed by atoms with Gasteiger partial charge < -0.3 is 5.32 Å². The van der Waals surface area contributed by atoms with Gasteiger partial charge in [0.1, 0.15) is 5.78 Å². The number of aryl methyl sites for hydroxylation is 1. The molecule has 0 unspecified atom stereocenters. The molecule has 24 heavy (non-hydrogen) atoms. The van der Waals surface area contributed by atoms with Crippen molar-refractivity contribution in [1.29, 1.82) is 0 Å². The molecule has 0 aliphatic carbocycles. The predicted molar refractivity (Wildman–Crippen MR) is 106 cm³/mol. The van der Waals surface area contributed by atoms with Gasteiger partial charge in [-0.15, -0.1) is 0 Å². The van der Waals surface area contributed by atoms with Crippen LogP contribution in [0.15, 0.2) is 18.2 Å². The van der Waals surface area contributed by atoms with Crippen LogP contribution in [-0.4, -0.2) is 11.7 Å². The van der Waals surface area contributed by atoms with E-state index in [-0.39, 0.29) is 5.91 Å². The van der Waals surface area contributed by atoms with E-state index < -0.39 is 0 Å². The van der Waals surface area contributed by atoms with Crippen molar-refractivity contribution in [3.05, 3.63) is 28.8 Å². The van der Waals surface area contributed by atoms with Gasteiger partial charge in [-0.3, -0.25) is 9.59 Å². The average molecular weight is 356 g/mol. The first-order valence-corrected chi connectivity index (χ1v) is 9.48. The van der Waals surface area contributed by atoms with E-state index in [9.17, 15) is 9.59 Å². The van der Waals surface area contributed by atoms with Crippen LogP contribution >= 0.6 is 11.6 Å². The number of halogens is 1. The van der Waals surface area contributed by atoms with E-state index in [2.05, 4.69) is 5.32 Å². The lowest BCUT2D eigenvalue weighted by atomic mass is 10.0. The number of nitrogens with one attached hydrogen (secondary N) is 1. The largest absolute Gasteiger partial charge is 0.326 e. The van der Waals surface area contributed by atoms with Crippen LogP contribution < -0.4 is 5.32 Å². The molecular formula is C20H34ClNO2. The number of ketones is 1. The number of unbranched alkanes of at least 4 members (excludes halogenated alkanes) is 2. The molecule has 1 N–H and O–H groups in total. The minimum absolute atomic E-state index is 0.101. The van der Waals surface area contributed by atoms with Crippen molar-refractivity contribution in [2.45, 2.75) is 80.1 Å². The summed E-state index contributed by atoms with van der Waals surface area (Å²) in [6, 6.07) is 5.61. The van der Waals surface area contributed by atoms with Crippen molar-refractivity contribution >= 4 is 29.0 Å². The van der Waals surface area contributed by atoms with Crippen LogP contribution in [0.25, 0.3) is 0 Å². The third-order valence-electron chi connectivity index (χ3n) is 3.09. The number of hydrogen-bond acceptors (Lipinski definition) is 2. The van der Waals surface area contributed by atoms with Gasteiger partial charge in [0.2, 0.25) is 5.91 Å². The molecule has 0 atom stereocenters. The van der Waals surface area contributed by atoms with Gasteiger partial charge in [0.15, 0.2) is 0 Å². The molecule has 1 aromatic carbocycles. The number of rotatable bonds is 8. The van der Waals surface area contributed by atoms with E-state index in [4.69, 9.17) is 11.6 Å². The molecule has 0 fully saturated rings. The number of anilines is 1. The molecule has 3 nitrogen and oxygen atoms in total. The molecule has 0 saturated heterocycles. The van der Waals surface area contributed by atoms with Crippen LogP contribution in [0, 0.1) is 0 Å². The Hall–Kier alpha value is -1.35. The first-order chi connectivity index (χ1) is 11.5. The zero-order chi connectivity index (χ0) is 19.0. The Balaban J connectivity index is 0. The van der Waals surface area contributed by atoms with Crippen LogP contribution in [0.2, 0.25) is 5.02 Å². The fraction of sp³-hybridized carbons (Fsp3) is 0.600. The second-order valence-electron chi connectivity index (χ2n) is 4.98. The number of benzene rings is 1. The maximum Gasteiger partial charge on any atom is 0.221 e. The molecule has 0 saturated carbocycles. The summed E-state index contributed by atoms with van der Waals surface area (Å²) in [6.45, 7) is 11.4. The number of amides is 1. The fourth-order valence-corrected chi connectivity index (χ4v) is 2.33. The van der Waals surface area contributed by atoms with Crippen molar-refractivity contribution < 1.29 is 9.59 Å². The molecule has 0 radical (unpaired) electrons. The molecule has 0 spiro atoms. The van der Waals surface area contributed by atoms with Gasteiger partial charge in [-0.1, -0.05) is 52.6 Å². The highest BCUT2D eigenvalue weighted by atomic mass is 35.5. The van der Waals surface area contributed by atoms with E-state index in [1.54, 1.807) is 6.07 Å². The summed E-state index contributed by atoms with van der Waals surface area (Å²) in [5, 5.41) is 3.37. The van der Waals surface area contributed by atoms with Gasteiger partial charge in [0.25, 0.3) is 0 Å². The molecule has 0 bridgehead atoms. The number of carbonyl (C=O) groups excluding carboxylic acids is 2. The number of hydrogen-bond donors (Lipinski definition) is 1. The fourth-order valence-electron chi connectivity index (χ4n) is 2.08. The van der Waals surface area contributed by atoms with Crippen LogP contribution in [0.3, 0.4) is 0 Å². The molecule has 1 rings (SSSR count). The van der Waals surface area contributed by atoms with Gasteiger partial charge in [0.05, 0.1) is 0 Å². The topological polar surface area (TPSA) is 46.2 Å². The normalized spacial score (nSPS) is 9.12. The zero-order valence-electron chi connectivity index (χ0n) is 16.2. The lowest BCUT2D eigenvalue weighted by molar-refractivity contribution is -0.119. The first-order valence-electron chi connectivity index (χ1n) is 9.10. The summed E-state index contributed by atoms with van der Waals surface area (Å²) in [6.07, 6.45) is 5.24. The third-order valence-corrected chi connectivity index (χ3v) is 3.31. The maximum atomic E-state index is 11.2. The Morgan fingerprint density at radius 2 is 1.62 bits per heavy atom. The Morgan fingerprint density at radius 1 is 1.00 bits per heavy atom. The molecule has 1 amide bonds. The molecule has 0 aliphatic rings. The van der Waals surface area contributed by atoms with Crippen LogP contribution in [-0.2, 0) is 16.0 Å². The Kier molecular flexibility index (Phi) is 17.1. The van der Waals surface area contributed by atoms with Crippen LogP contribution in [0.4, 0.5) is 5.69 Å². The summed E-state index contributed by atoms with van der Waals surface area (Å²) >= 11 is 6.04. The van der Waals surface area contributed by atoms with E-state index in [1.807, 2.05) is 46.8 Å². The van der Waals surface area contributed by atoms with Crippen molar-refractivity contribution in [2.75, 3.05) is 5.32 Å². The van der Waals surface area contributed by atoms with Gasteiger partial charge in [0, 0.05) is 30.5 Å². The molecule has 0 aliphatic heterocycles. The van der Waals surface area contributed by atoms with E-state index >= 15 is 0 Å². The second kappa shape index (κ2) is 16.5. The van der Waals surface area contributed by atoms with Gasteiger partial charge in [-0.05, 0) is 43.0 Å². The summed E-state index contributed by atoms with van der Waals surface area (Å²) in [5.74, 6) is 0.233. The molecular weight excluding hydrogens is 322 g/mol. The Labute approximate surface area is 153 Å². The SMILES string of the molecule is CC.CC.CCC(=O)CCCCCc1cc(Cl)cc(NC(C)=O)c1. The van der Waals surface area contributed by atoms with Gasteiger partial charge >= 0.3 is 0 Å². The number of carbonyl (C=O) groups is 2.